The summed E-state index contributed by atoms with van der Waals surface area (Å²) in [5.74, 6) is 1.71. The lowest BCUT2D eigenvalue weighted by atomic mass is 9.89. The van der Waals surface area contributed by atoms with E-state index in [-0.39, 0.29) is 30.7 Å². The molecule has 22 heavy (non-hydrogen) atoms. The molecule has 6 heteroatoms. The van der Waals surface area contributed by atoms with E-state index in [1.54, 1.807) is 0 Å². The average molecular weight is 352 g/mol. The van der Waals surface area contributed by atoms with E-state index < -0.39 is 0 Å². The topological polar surface area (TPSA) is 44.4 Å². The van der Waals surface area contributed by atoms with Crippen LogP contribution >= 0.6 is 24.8 Å². The Morgan fingerprint density at radius 1 is 1.05 bits per heavy atom. The Bertz CT molecular complexity index is 315. The lowest BCUT2D eigenvalue weighted by Gasteiger charge is -2.24. The van der Waals surface area contributed by atoms with Crippen LogP contribution in [0.15, 0.2) is 0 Å². The summed E-state index contributed by atoms with van der Waals surface area (Å²) in [6, 6.07) is 0.611. The number of carbonyl (C=O) groups excluding carboxylic acids is 1. The Kier molecular flexibility index (Phi) is 9.07. The molecule has 1 amide bonds. The second-order valence-corrected chi connectivity index (χ2v) is 7.05. The van der Waals surface area contributed by atoms with E-state index >= 15 is 0 Å². The van der Waals surface area contributed by atoms with Gasteiger partial charge >= 0.3 is 0 Å². The Morgan fingerprint density at radius 3 is 2.50 bits per heavy atom. The van der Waals surface area contributed by atoms with Crippen molar-refractivity contribution in [3.05, 3.63) is 0 Å². The minimum atomic E-state index is 0. The monoisotopic (exact) mass is 351 g/mol. The second-order valence-electron chi connectivity index (χ2n) is 7.05. The Hall–Kier alpha value is -0.0300. The van der Waals surface area contributed by atoms with Gasteiger partial charge < -0.3 is 10.6 Å². The lowest BCUT2D eigenvalue weighted by Crippen LogP contribution is -2.43. The summed E-state index contributed by atoms with van der Waals surface area (Å²) in [5, 5.41) is 6.76. The van der Waals surface area contributed by atoms with Crippen LogP contribution in [0, 0.1) is 11.8 Å². The highest BCUT2D eigenvalue weighted by atomic mass is 35.5. The van der Waals surface area contributed by atoms with Crippen molar-refractivity contribution >= 4 is 30.7 Å². The molecule has 2 bridgehead atoms. The third-order valence-electron chi connectivity index (χ3n) is 5.29. The van der Waals surface area contributed by atoms with Crippen LogP contribution in [-0.4, -0.2) is 49.6 Å². The first kappa shape index (κ1) is 20.0. The number of fused-ring (bicyclic) bond motifs is 4. The predicted octanol–water partition coefficient (Wildman–Crippen LogP) is 2.21. The number of nitrogens with zero attached hydrogens (tertiary/aromatic N) is 1. The molecule has 0 spiro atoms. The summed E-state index contributed by atoms with van der Waals surface area (Å²) in [4.78, 5) is 14.5. The number of carbonyl (C=O) groups is 1. The molecule has 3 saturated heterocycles. The van der Waals surface area contributed by atoms with Gasteiger partial charge in [0, 0.05) is 25.7 Å². The van der Waals surface area contributed by atoms with Crippen LogP contribution < -0.4 is 10.6 Å². The number of halogens is 2. The number of hydrogen-bond acceptors (Lipinski definition) is 3. The Morgan fingerprint density at radius 2 is 1.82 bits per heavy atom. The highest BCUT2D eigenvalue weighted by molar-refractivity contribution is 5.85. The third-order valence-corrected chi connectivity index (χ3v) is 5.29. The fraction of sp³-hybridized carbons (Fsp3) is 0.938. The maximum atomic E-state index is 12.1. The molecule has 3 aliphatic heterocycles. The minimum absolute atomic E-state index is 0. The van der Waals surface area contributed by atoms with Crippen LogP contribution in [-0.2, 0) is 4.79 Å². The van der Waals surface area contributed by atoms with Gasteiger partial charge in [0.1, 0.15) is 0 Å². The molecule has 2 atom stereocenters. The quantitative estimate of drug-likeness (QED) is 0.815. The zero-order valence-corrected chi connectivity index (χ0v) is 15.0. The van der Waals surface area contributed by atoms with E-state index in [1.165, 1.54) is 44.9 Å². The zero-order chi connectivity index (χ0) is 13.8. The van der Waals surface area contributed by atoms with Crippen molar-refractivity contribution < 1.29 is 4.79 Å². The van der Waals surface area contributed by atoms with Gasteiger partial charge in [0.15, 0.2) is 0 Å². The van der Waals surface area contributed by atoms with Crippen LogP contribution in [0.5, 0.6) is 0 Å². The van der Waals surface area contributed by atoms with Crippen molar-refractivity contribution in [3.63, 3.8) is 0 Å². The Labute approximate surface area is 147 Å². The Balaban J connectivity index is 0.00000121. The van der Waals surface area contributed by atoms with Crippen LogP contribution in [0.4, 0.5) is 0 Å². The molecule has 4 fully saturated rings. The smallest absolute Gasteiger partial charge is 0.234 e. The first-order valence-corrected chi connectivity index (χ1v) is 8.52. The van der Waals surface area contributed by atoms with Gasteiger partial charge in [0.2, 0.25) is 5.91 Å². The highest BCUT2D eigenvalue weighted by Crippen LogP contribution is 2.23. The van der Waals surface area contributed by atoms with Gasteiger partial charge in [-0.3, -0.25) is 9.69 Å². The maximum Gasteiger partial charge on any atom is 0.234 e. The van der Waals surface area contributed by atoms with Crippen molar-refractivity contribution in [2.75, 3.05) is 32.7 Å². The summed E-state index contributed by atoms with van der Waals surface area (Å²) >= 11 is 0. The van der Waals surface area contributed by atoms with E-state index in [2.05, 4.69) is 15.5 Å². The normalized spacial score (nSPS) is 29.1. The summed E-state index contributed by atoms with van der Waals surface area (Å²) < 4.78 is 0. The van der Waals surface area contributed by atoms with Crippen molar-refractivity contribution in [2.24, 2.45) is 11.8 Å². The molecule has 4 nitrogen and oxygen atoms in total. The maximum absolute atomic E-state index is 12.1. The number of nitrogens with one attached hydrogen (secondary N) is 2. The molecule has 1 saturated carbocycles. The largest absolute Gasteiger partial charge is 0.355 e. The van der Waals surface area contributed by atoms with Crippen LogP contribution in [0.25, 0.3) is 0 Å². The van der Waals surface area contributed by atoms with E-state index in [0.717, 1.165) is 38.0 Å². The molecule has 0 radical (unpaired) electrons. The van der Waals surface area contributed by atoms with Crippen molar-refractivity contribution in [1.29, 1.82) is 0 Å². The molecule has 130 valence electrons. The zero-order valence-electron chi connectivity index (χ0n) is 13.4. The van der Waals surface area contributed by atoms with E-state index in [1.807, 2.05) is 0 Å². The van der Waals surface area contributed by atoms with Gasteiger partial charge in [-0.2, -0.15) is 0 Å². The van der Waals surface area contributed by atoms with Gasteiger partial charge in [-0.15, -0.1) is 24.8 Å². The van der Waals surface area contributed by atoms with Gasteiger partial charge in [0.05, 0.1) is 6.54 Å². The highest BCUT2D eigenvalue weighted by Gasteiger charge is 2.29. The van der Waals surface area contributed by atoms with Crippen molar-refractivity contribution in [1.82, 2.24) is 15.5 Å². The first-order chi connectivity index (χ1) is 9.79. The average Bonchev–Trinajstić information content (AvgIpc) is 2.78. The molecular weight excluding hydrogens is 321 g/mol. The number of hydrogen-bond donors (Lipinski definition) is 2. The van der Waals surface area contributed by atoms with Crippen LogP contribution in [0.2, 0.25) is 0 Å². The number of piperidine rings is 1. The number of rotatable bonds is 4. The molecule has 3 heterocycles. The van der Waals surface area contributed by atoms with Gasteiger partial charge in [-0.05, 0) is 44.1 Å². The fourth-order valence-electron chi connectivity index (χ4n) is 4.07. The third kappa shape index (κ3) is 5.88. The molecular formula is C16H31Cl2N3O. The molecule has 0 unspecified atom stereocenters. The SMILES string of the molecule is Cl.Cl.O=C(CN1C[C@H]2CC[C@@H](C1)NC2)NCC1CCCCC1. The van der Waals surface area contributed by atoms with Crippen LogP contribution in [0.3, 0.4) is 0 Å². The van der Waals surface area contributed by atoms with Gasteiger partial charge in [-0.25, -0.2) is 0 Å². The molecule has 0 aromatic heterocycles. The summed E-state index contributed by atoms with van der Waals surface area (Å²) in [6.45, 7) is 4.79. The molecule has 0 aromatic carbocycles. The lowest BCUT2D eigenvalue weighted by molar-refractivity contribution is -0.122. The van der Waals surface area contributed by atoms with E-state index in [4.69, 9.17) is 0 Å². The van der Waals surface area contributed by atoms with Gasteiger partial charge in [0.25, 0.3) is 0 Å². The minimum Gasteiger partial charge on any atom is -0.355 e. The molecule has 4 rings (SSSR count). The first-order valence-electron chi connectivity index (χ1n) is 8.52. The standard InChI is InChI=1S/C16H29N3O.2ClH/c20-16(18-8-13-4-2-1-3-5-13)12-19-10-14-6-7-15(11-19)17-9-14;;/h13-15,17H,1-12H2,(H,18,20);2*1H/t14-,15-;;/m0../s1. The molecule has 4 aliphatic rings. The summed E-state index contributed by atoms with van der Waals surface area (Å²) in [6.07, 6.45) is 9.30. The number of amides is 1. The van der Waals surface area contributed by atoms with Crippen LogP contribution in [0.1, 0.15) is 44.9 Å². The summed E-state index contributed by atoms with van der Waals surface area (Å²) in [7, 11) is 0. The van der Waals surface area contributed by atoms with Gasteiger partial charge in [-0.1, -0.05) is 19.3 Å². The summed E-state index contributed by atoms with van der Waals surface area (Å²) in [5.41, 5.74) is 0. The fourth-order valence-corrected chi connectivity index (χ4v) is 4.07. The van der Waals surface area contributed by atoms with Crippen molar-refractivity contribution in [2.45, 2.75) is 51.0 Å². The van der Waals surface area contributed by atoms with Crippen molar-refractivity contribution in [3.8, 4) is 0 Å². The molecule has 2 N–H and O–H groups in total. The molecule has 1 aliphatic carbocycles. The second kappa shape index (κ2) is 9.96. The van der Waals surface area contributed by atoms with E-state index in [0.29, 0.717) is 12.6 Å². The van der Waals surface area contributed by atoms with E-state index in [9.17, 15) is 4.79 Å². The predicted molar refractivity (Wildman–Crippen MR) is 95.0 cm³/mol. The molecule has 0 aromatic rings.